The van der Waals surface area contributed by atoms with E-state index in [2.05, 4.69) is 42.8 Å². The van der Waals surface area contributed by atoms with Gasteiger partial charge in [-0.3, -0.25) is 0 Å². The van der Waals surface area contributed by atoms with Gasteiger partial charge in [-0.2, -0.15) is 0 Å². The van der Waals surface area contributed by atoms with E-state index in [0.717, 1.165) is 5.92 Å². The van der Waals surface area contributed by atoms with Crippen molar-refractivity contribution in [3.8, 4) is 0 Å². The molecule has 1 aliphatic carbocycles. The summed E-state index contributed by atoms with van der Waals surface area (Å²) in [6.07, 6.45) is 4.07. The van der Waals surface area contributed by atoms with Crippen LogP contribution in [0.4, 0.5) is 0 Å². The Bertz CT molecular complexity index is 547. The summed E-state index contributed by atoms with van der Waals surface area (Å²) in [5.74, 6) is 0.772. The molecule has 0 saturated heterocycles. The topological polar surface area (TPSA) is 30.9 Å². The summed E-state index contributed by atoms with van der Waals surface area (Å²) in [7, 11) is 2.18. The summed E-state index contributed by atoms with van der Waals surface area (Å²) in [6.45, 7) is 2.06. The number of hydrogen-bond donors (Lipinski definition) is 1. The van der Waals surface area contributed by atoms with Gasteiger partial charge < -0.3 is 10.3 Å². The van der Waals surface area contributed by atoms with Crippen LogP contribution >= 0.6 is 0 Å². The lowest BCUT2D eigenvalue weighted by Crippen LogP contribution is -2.12. The van der Waals surface area contributed by atoms with Crippen LogP contribution in [0.3, 0.4) is 0 Å². The van der Waals surface area contributed by atoms with Crippen molar-refractivity contribution in [2.75, 3.05) is 0 Å². The Kier molecular flexibility index (Phi) is 2.48. The summed E-state index contributed by atoms with van der Waals surface area (Å²) in [6, 6.07) is 8.93. The second-order valence-corrected chi connectivity index (χ2v) is 5.32. The lowest BCUT2D eigenvalue weighted by Gasteiger charge is -2.26. The van der Waals surface area contributed by atoms with Crippen molar-refractivity contribution in [2.45, 2.75) is 38.1 Å². The SMILES string of the molecule is CC(N)c1cccc2c1cc(C1CCC1)n2C. The van der Waals surface area contributed by atoms with Crippen LogP contribution in [0.5, 0.6) is 0 Å². The second kappa shape index (κ2) is 3.88. The zero-order valence-corrected chi connectivity index (χ0v) is 10.6. The molecule has 1 fully saturated rings. The van der Waals surface area contributed by atoms with Crippen LogP contribution in [0.15, 0.2) is 24.3 Å². The fraction of sp³-hybridized carbons (Fsp3) is 0.467. The van der Waals surface area contributed by atoms with Crippen molar-refractivity contribution in [3.05, 3.63) is 35.5 Å². The fourth-order valence-electron chi connectivity index (χ4n) is 2.90. The number of hydrogen-bond acceptors (Lipinski definition) is 1. The maximum atomic E-state index is 6.05. The highest BCUT2D eigenvalue weighted by Crippen LogP contribution is 2.39. The molecular weight excluding hydrogens is 208 g/mol. The average molecular weight is 228 g/mol. The lowest BCUT2D eigenvalue weighted by molar-refractivity contribution is 0.404. The highest BCUT2D eigenvalue weighted by Gasteiger charge is 2.23. The van der Waals surface area contributed by atoms with E-state index >= 15 is 0 Å². The number of benzene rings is 1. The van der Waals surface area contributed by atoms with Crippen LogP contribution in [0.1, 0.15) is 49.4 Å². The smallest absolute Gasteiger partial charge is 0.0483 e. The van der Waals surface area contributed by atoms with E-state index in [1.807, 2.05) is 0 Å². The predicted molar refractivity (Wildman–Crippen MR) is 72.1 cm³/mol. The minimum Gasteiger partial charge on any atom is -0.347 e. The van der Waals surface area contributed by atoms with E-state index in [1.165, 1.54) is 41.4 Å². The molecule has 1 saturated carbocycles. The molecule has 2 N–H and O–H groups in total. The van der Waals surface area contributed by atoms with E-state index < -0.39 is 0 Å². The average Bonchev–Trinajstić information content (AvgIpc) is 2.54. The van der Waals surface area contributed by atoms with Crippen LogP contribution in [-0.2, 0) is 7.05 Å². The third kappa shape index (κ3) is 1.59. The Morgan fingerprint density at radius 3 is 2.71 bits per heavy atom. The Morgan fingerprint density at radius 2 is 2.12 bits per heavy atom. The third-order valence-corrected chi connectivity index (χ3v) is 4.17. The molecule has 3 rings (SSSR count). The fourth-order valence-corrected chi connectivity index (χ4v) is 2.90. The molecule has 2 aromatic rings. The zero-order valence-electron chi connectivity index (χ0n) is 10.6. The van der Waals surface area contributed by atoms with Gasteiger partial charge >= 0.3 is 0 Å². The Morgan fingerprint density at radius 1 is 1.35 bits per heavy atom. The van der Waals surface area contributed by atoms with Gasteiger partial charge in [-0.25, -0.2) is 0 Å². The number of fused-ring (bicyclic) bond motifs is 1. The molecule has 90 valence electrons. The van der Waals surface area contributed by atoms with Crippen LogP contribution in [0.2, 0.25) is 0 Å². The lowest BCUT2D eigenvalue weighted by atomic mass is 9.83. The molecule has 1 unspecified atom stereocenters. The largest absolute Gasteiger partial charge is 0.347 e. The molecule has 0 aliphatic heterocycles. The monoisotopic (exact) mass is 228 g/mol. The van der Waals surface area contributed by atoms with Gasteiger partial charge in [0.15, 0.2) is 0 Å². The highest BCUT2D eigenvalue weighted by atomic mass is 15.0. The summed E-state index contributed by atoms with van der Waals surface area (Å²) in [5.41, 5.74) is 10.1. The van der Waals surface area contributed by atoms with Crippen molar-refractivity contribution >= 4 is 10.9 Å². The molecule has 1 aliphatic rings. The van der Waals surface area contributed by atoms with Gasteiger partial charge in [-0.15, -0.1) is 0 Å². The molecule has 2 heteroatoms. The van der Waals surface area contributed by atoms with Gasteiger partial charge in [0, 0.05) is 29.7 Å². The van der Waals surface area contributed by atoms with Crippen molar-refractivity contribution in [3.63, 3.8) is 0 Å². The first-order valence-electron chi connectivity index (χ1n) is 6.52. The molecule has 1 aromatic heterocycles. The third-order valence-electron chi connectivity index (χ3n) is 4.17. The van der Waals surface area contributed by atoms with Crippen LogP contribution in [0, 0.1) is 0 Å². The van der Waals surface area contributed by atoms with Crippen LogP contribution in [0.25, 0.3) is 10.9 Å². The van der Waals surface area contributed by atoms with Crippen molar-refractivity contribution < 1.29 is 0 Å². The van der Waals surface area contributed by atoms with Crippen molar-refractivity contribution in [1.29, 1.82) is 0 Å². The van der Waals surface area contributed by atoms with E-state index in [4.69, 9.17) is 5.73 Å². The molecule has 1 aromatic carbocycles. The number of rotatable bonds is 2. The first kappa shape index (κ1) is 10.8. The van der Waals surface area contributed by atoms with Gasteiger partial charge in [-0.1, -0.05) is 18.6 Å². The summed E-state index contributed by atoms with van der Waals surface area (Å²) >= 11 is 0. The second-order valence-electron chi connectivity index (χ2n) is 5.32. The first-order valence-corrected chi connectivity index (χ1v) is 6.52. The number of aryl methyl sites for hydroxylation is 1. The summed E-state index contributed by atoms with van der Waals surface area (Å²) < 4.78 is 2.35. The van der Waals surface area contributed by atoms with Gasteiger partial charge in [0.25, 0.3) is 0 Å². The maximum absolute atomic E-state index is 6.05. The predicted octanol–water partition coefficient (Wildman–Crippen LogP) is 3.47. The van der Waals surface area contributed by atoms with Crippen molar-refractivity contribution in [2.24, 2.45) is 12.8 Å². The molecule has 17 heavy (non-hydrogen) atoms. The quantitative estimate of drug-likeness (QED) is 0.838. The summed E-state index contributed by atoms with van der Waals surface area (Å²) in [4.78, 5) is 0. The molecular formula is C15H20N2. The molecule has 2 nitrogen and oxygen atoms in total. The van der Waals surface area contributed by atoms with Gasteiger partial charge in [0.05, 0.1) is 0 Å². The molecule has 1 atom stereocenters. The van der Waals surface area contributed by atoms with Gasteiger partial charge in [0.2, 0.25) is 0 Å². The van der Waals surface area contributed by atoms with Crippen molar-refractivity contribution in [1.82, 2.24) is 4.57 Å². The van der Waals surface area contributed by atoms with Gasteiger partial charge in [-0.05, 0) is 43.4 Å². The number of nitrogens with zero attached hydrogens (tertiary/aromatic N) is 1. The molecule has 0 spiro atoms. The van der Waals surface area contributed by atoms with Crippen LogP contribution < -0.4 is 5.73 Å². The Balaban J connectivity index is 2.20. The zero-order chi connectivity index (χ0) is 12.0. The Hall–Kier alpha value is -1.28. The molecule has 1 heterocycles. The molecule has 0 radical (unpaired) electrons. The van der Waals surface area contributed by atoms with E-state index in [-0.39, 0.29) is 6.04 Å². The van der Waals surface area contributed by atoms with E-state index in [0.29, 0.717) is 0 Å². The molecule has 0 amide bonds. The Labute approximate surface area is 102 Å². The normalized spacial score (nSPS) is 18.3. The minimum absolute atomic E-state index is 0.107. The minimum atomic E-state index is 0.107. The number of aromatic nitrogens is 1. The number of nitrogens with two attached hydrogens (primary N) is 1. The summed E-state index contributed by atoms with van der Waals surface area (Å²) in [5, 5.41) is 1.34. The van der Waals surface area contributed by atoms with E-state index in [1.54, 1.807) is 0 Å². The highest BCUT2D eigenvalue weighted by molar-refractivity contribution is 5.85. The first-order chi connectivity index (χ1) is 8.18. The van der Waals surface area contributed by atoms with Gasteiger partial charge in [0.1, 0.15) is 0 Å². The van der Waals surface area contributed by atoms with E-state index in [9.17, 15) is 0 Å². The standard InChI is InChI=1S/C15H20N2/c1-10(16)12-7-4-8-14-13(12)9-15(17(14)2)11-5-3-6-11/h4,7-11H,3,5-6,16H2,1-2H3. The molecule has 0 bridgehead atoms. The van der Waals surface area contributed by atoms with Crippen LogP contribution in [-0.4, -0.2) is 4.57 Å². The maximum Gasteiger partial charge on any atom is 0.0483 e.